The van der Waals surface area contributed by atoms with Crippen LogP contribution in [-0.2, 0) is 6.54 Å². The van der Waals surface area contributed by atoms with E-state index in [0.29, 0.717) is 12.2 Å². The summed E-state index contributed by atoms with van der Waals surface area (Å²) in [6.07, 6.45) is 5.66. The van der Waals surface area contributed by atoms with Crippen LogP contribution in [0.4, 0.5) is 0 Å². The Kier molecular flexibility index (Phi) is 4.44. The van der Waals surface area contributed by atoms with E-state index in [1.54, 1.807) is 4.68 Å². The molecular formula is C19H15N3. The second kappa shape index (κ2) is 7.05. The molecule has 1 heterocycles. The number of aromatic nitrogens is 3. The molecule has 0 amide bonds. The minimum atomic E-state index is 0.675. The lowest BCUT2D eigenvalue weighted by atomic mass is 10.2. The van der Waals surface area contributed by atoms with Crippen molar-refractivity contribution in [1.82, 2.24) is 15.0 Å². The van der Waals surface area contributed by atoms with Gasteiger partial charge in [0.1, 0.15) is 0 Å². The van der Waals surface area contributed by atoms with Crippen LogP contribution in [0.2, 0.25) is 0 Å². The first-order valence-electron chi connectivity index (χ1n) is 7.07. The molecule has 3 rings (SSSR count). The van der Waals surface area contributed by atoms with Crippen molar-refractivity contribution in [3.8, 4) is 11.8 Å². The molecule has 0 radical (unpaired) electrons. The van der Waals surface area contributed by atoms with E-state index in [9.17, 15) is 0 Å². The molecule has 0 saturated heterocycles. The van der Waals surface area contributed by atoms with Gasteiger partial charge < -0.3 is 0 Å². The van der Waals surface area contributed by atoms with Gasteiger partial charge in [-0.25, -0.2) is 4.68 Å². The fraction of sp³-hybridized carbons (Fsp3) is 0.0526. The summed E-state index contributed by atoms with van der Waals surface area (Å²) in [4.78, 5) is 0. The number of benzene rings is 2. The zero-order valence-electron chi connectivity index (χ0n) is 12.1. The highest BCUT2D eigenvalue weighted by molar-refractivity contribution is 5.52. The highest BCUT2D eigenvalue weighted by Gasteiger charge is 1.98. The standard InChI is InChI=1S/C19H15N3/c1-3-9-17(10-4-1)11-7-8-14-19-16-22(21-20-19)15-18-12-5-2-6-13-18/h1-7,9-13,16H,15H2/b11-7+. The van der Waals surface area contributed by atoms with Gasteiger partial charge in [-0.05, 0) is 29.2 Å². The van der Waals surface area contributed by atoms with Gasteiger partial charge in [-0.15, -0.1) is 5.10 Å². The van der Waals surface area contributed by atoms with Gasteiger partial charge in [-0.1, -0.05) is 71.8 Å². The number of hydrogen-bond acceptors (Lipinski definition) is 2. The van der Waals surface area contributed by atoms with Crippen molar-refractivity contribution >= 4 is 6.08 Å². The normalized spacial score (nSPS) is 10.4. The molecule has 3 aromatic rings. The topological polar surface area (TPSA) is 30.7 Å². The molecule has 0 unspecified atom stereocenters. The fourth-order valence-corrected chi connectivity index (χ4v) is 2.02. The Labute approximate surface area is 129 Å². The SMILES string of the molecule is C(#Cc1cn(Cc2ccccc2)nn1)/C=C/c1ccccc1. The molecule has 0 bridgehead atoms. The summed E-state index contributed by atoms with van der Waals surface area (Å²) >= 11 is 0. The summed E-state index contributed by atoms with van der Waals surface area (Å²) in [6, 6.07) is 20.2. The van der Waals surface area contributed by atoms with Gasteiger partial charge in [-0.2, -0.15) is 0 Å². The van der Waals surface area contributed by atoms with Crippen molar-refractivity contribution in [3.63, 3.8) is 0 Å². The highest BCUT2D eigenvalue weighted by atomic mass is 15.4. The molecule has 0 aliphatic rings. The van der Waals surface area contributed by atoms with Crippen LogP contribution in [0.15, 0.2) is 72.9 Å². The highest BCUT2D eigenvalue weighted by Crippen LogP contribution is 2.02. The van der Waals surface area contributed by atoms with Gasteiger partial charge in [0.2, 0.25) is 0 Å². The molecular weight excluding hydrogens is 270 g/mol. The summed E-state index contributed by atoms with van der Waals surface area (Å²) in [7, 11) is 0. The van der Waals surface area contributed by atoms with Crippen molar-refractivity contribution < 1.29 is 0 Å². The van der Waals surface area contributed by atoms with Gasteiger partial charge in [0, 0.05) is 0 Å². The van der Waals surface area contributed by atoms with Crippen LogP contribution in [0.1, 0.15) is 16.8 Å². The van der Waals surface area contributed by atoms with E-state index in [-0.39, 0.29) is 0 Å². The lowest BCUT2D eigenvalue weighted by Crippen LogP contribution is -1.99. The summed E-state index contributed by atoms with van der Waals surface area (Å²) in [5.41, 5.74) is 2.99. The van der Waals surface area contributed by atoms with E-state index in [1.165, 1.54) is 5.56 Å². The molecule has 0 fully saturated rings. The molecule has 0 spiro atoms. The smallest absolute Gasteiger partial charge is 0.155 e. The van der Waals surface area contributed by atoms with Crippen LogP contribution in [-0.4, -0.2) is 15.0 Å². The monoisotopic (exact) mass is 285 g/mol. The van der Waals surface area contributed by atoms with Crippen molar-refractivity contribution in [1.29, 1.82) is 0 Å². The van der Waals surface area contributed by atoms with E-state index < -0.39 is 0 Å². The summed E-state index contributed by atoms with van der Waals surface area (Å²) < 4.78 is 1.79. The maximum Gasteiger partial charge on any atom is 0.155 e. The summed E-state index contributed by atoms with van der Waals surface area (Å²) in [6.45, 7) is 0.704. The first-order valence-corrected chi connectivity index (χ1v) is 7.07. The molecule has 0 N–H and O–H groups in total. The lowest BCUT2D eigenvalue weighted by molar-refractivity contribution is 0.649. The number of allylic oxidation sites excluding steroid dienone is 1. The molecule has 106 valence electrons. The minimum Gasteiger partial charge on any atom is -0.247 e. The number of nitrogens with zero attached hydrogens (tertiary/aromatic N) is 3. The Balaban J connectivity index is 1.63. The fourth-order valence-electron chi connectivity index (χ4n) is 2.02. The third-order valence-corrected chi connectivity index (χ3v) is 3.08. The number of hydrogen-bond donors (Lipinski definition) is 0. The van der Waals surface area contributed by atoms with Gasteiger partial charge in [-0.3, -0.25) is 0 Å². The van der Waals surface area contributed by atoms with E-state index >= 15 is 0 Å². The molecule has 0 aliphatic heterocycles. The van der Waals surface area contributed by atoms with Crippen LogP contribution >= 0.6 is 0 Å². The number of rotatable bonds is 3. The van der Waals surface area contributed by atoms with Crippen molar-refractivity contribution in [2.24, 2.45) is 0 Å². The zero-order chi connectivity index (χ0) is 15.0. The summed E-state index contributed by atoms with van der Waals surface area (Å²) in [5.74, 6) is 5.97. The van der Waals surface area contributed by atoms with Crippen LogP contribution < -0.4 is 0 Å². The Morgan fingerprint density at radius 2 is 1.68 bits per heavy atom. The van der Waals surface area contributed by atoms with E-state index in [0.717, 1.165) is 5.56 Å². The molecule has 2 aromatic carbocycles. The Bertz CT molecular complexity index is 806. The van der Waals surface area contributed by atoms with Crippen LogP contribution in [0.3, 0.4) is 0 Å². The molecule has 3 nitrogen and oxygen atoms in total. The average Bonchev–Trinajstić information content (AvgIpc) is 3.01. The summed E-state index contributed by atoms with van der Waals surface area (Å²) in [5, 5.41) is 8.15. The average molecular weight is 285 g/mol. The van der Waals surface area contributed by atoms with E-state index in [1.807, 2.05) is 66.9 Å². The molecule has 0 saturated carbocycles. The van der Waals surface area contributed by atoms with Gasteiger partial charge in [0.15, 0.2) is 5.69 Å². The van der Waals surface area contributed by atoms with Crippen molar-refractivity contribution in [3.05, 3.63) is 89.8 Å². The Morgan fingerprint density at radius 3 is 2.45 bits per heavy atom. The maximum atomic E-state index is 4.09. The van der Waals surface area contributed by atoms with Gasteiger partial charge >= 0.3 is 0 Å². The molecule has 22 heavy (non-hydrogen) atoms. The van der Waals surface area contributed by atoms with E-state index in [4.69, 9.17) is 0 Å². The third kappa shape index (κ3) is 3.94. The van der Waals surface area contributed by atoms with Gasteiger partial charge in [0.25, 0.3) is 0 Å². The molecule has 1 aromatic heterocycles. The molecule has 0 aliphatic carbocycles. The van der Waals surface area contributed by atoms with Crippen molar-refractivity contribution in [2.75, 3.05) is 0 Å². The maximum absolute atomic E-state index is 4.09. The lowest BCUT2D eigenvalue weighted by Gasteiger charge is -1.98. The van der Waals surface area contributed by atoms with Crippen LogP contribution in [0.25, 0.3) is 6.08 Å². The largest absolute Gasteiger partial charge is 0.247 e. The first-order chi connectivity index (χ1) is 10.9. The Morgan fingerprint density at radius 1 is 0.955 bits per heavy atom. The van der Waals surface area contributed by atoms with Crippen molar-refractivity contribution in [2.45, 2.75) is 6.54 Å². The predicted octanol–water partition coefficient (Wildman–Crippen LogP) is 3.39. The van der Waals surface area contributed by atoms with Gasteiger partial charge in [0.05, 0.1) is 12.7 Å². The molecule has 0 atom stereocenters. The quantitative estimate of drug-likeness (QED) is 0.691. The molecule has 3 heteroatoms. The minimum absolute atomic E-state index is 0.675. The second-order valence-electron chi connectivity index (χ2n) is 4.80. The third-order valence-electron chi connectivity index (χ3n) is 3.08. The zero-order valence-corrected chi connectivity index (χ0v) is 12.1. The van der Waals surface area contributed by atoms with Crippen LogP contribution in [0, 0.1) is 11.8 Å². The Hall–Kier alpha value is -3.12. The second-order valence-corrected chi connectivity index (χ2v) is 4.80. The first kappa shape index (κ1) is 13.8. The van der Waals surface area contributed by atoms with Crippen LogP contribution in [0.5, 0.6) is 0 Å². The predicted molar refractivity (Wildman–Crippen MR) is 87.9 cm³/mol. The van der Waals surface area contributed by atoms with E-state index in [2.05, 4.69) is 34.3 Å².